The molecule has 0 saturated heterocycles. The van der Waals surface area contributed by atoms with E-state index in [4.69, 9.17) is 39.5 Å². The molecule has 1 aromatic rings. The van der Waals surface area contributed by atoms with Crippen molar-refractivity contribution >= 4 is 34.8 Å². The van der Waals surface area contributed by atoms with Crippen molar-refractivity contribution < 1.29 is 4.74 Å². The molecule has 0 aliphatic rings. The molecule has 0 aromatic heterocycles. The first-order valence-corrected chi connectivity index (χ1v) is 6.82. The Labute approximate surface area is 117 Å². The molecule has 0 aliphatic heterocycles. The first-order valence-electron chi connectivity index (χ1n) is 5.53. The summed E-state index contributed by atoms with van der Waals surface area (Å²) in [6.07, 6.45) is 0.953. The third kappa shape index (κ3) is 5.94. The topological polar surface area (TPSA) is 21.3 Å². The molecule has 0 bridgehead atoms. The van der Waals surface area contributed by atoms with Crippen LogP contribution in [0.25, 0.3) is 0 Å². The monoisotopic (exact) mass is 295 g/mol. The number of nitrogens with one attached hydrogen (secondary N) is 1. The van der Waals surface area contributed by atoms with E-state index >= 15 is 0 Å². The lowest BCUT2D eigenvalue weighted by molar-refractivity contribution is 0.146. The molecule has 0 spiro atoms. The van der Waals surface area contributed by atoms with E-state index in [-0.39, 0.29) is 0 Å². The van der Waals surface area contributed by atoms with Crippen molar-refractivity contribution in [1.29, 1.82) is 0 Å². The predicted molar refractivity (Wildman–Crippen MR) is 74.3 cm³/mol. The lowest BCUT2D eigenvalue weighted by Gasteiger charge is -2.07. The number of benzene rings is 1. The first kappa shape index (κ1) is 15.1. The SMILES string of the molecule is ClCCOCCCNCc1cccc(Cl)c1Cl. The van der Waals surface area contributed by atoms with E-state index in [1.165, 1.54) is 0 Å². The van der Waals surface area contributed by atoms with E-state index in [0.717, 1.165) is 31.7 Å². The molecule has 5 heteroatoms. The number of hydrogen-bond donors (Lipinski definition) is 1. The molecule has 2 nitrogen and oxygen atoms in total. The number of halogens is 3. The normalized spacial score (nSPS) is 10.8. The van der Waals surface area contributed by atoms with Gasteiger partial charge < -0.3 is 10.1 Å². The second kappa shape index (κ2) is 9.01. The molecule has 17 heavy (non-hydrogen) atoms. The fourth-order valence-corrected chi connectivity index (χ4v) is 1.86. The van der Waals surface area contributed by atoms with Gasteiger partial charge in [0.1, 0.15) is 0 Å². The summed E-state index contributed by atoms with van der Waals surface area (Å²) >= 11 is 17.5. The van der Waals surface area contributed by atoms with Gasteiger partial charge in [-0.1, -0.05) is 35.3 Å². The average molecular weight is 297 g/mol. The Kier molecular flexibility index (Phi) is 7.99. The van der Waals surface area contributed by atoms with Crippen LogP contribution in [0.15, 0.2) is 18.2 Å². The van der Waals surface area contributed by atoms with E-state index in [1.54, 1.807) is 6.07 Å². The molecule has 1 N–H and O–H groups in total. The lowest BCUT2D eigenvalue weighted by atomic mass is 10.2. The van der Waals surface area contributed by atoms with Crippen molar-refractivity contribution in [2.24, 2.45) is 0 Å². The van der Waals surface area contributed by atoms with E-state index < -0.39 is 0 Å². The van der Waals surface area contributed by atoms with Crippen LogP contribution in [-0.2, 0) is 11.3 Å². The third-order valence-corrected chi connectivity index (χ3v) is 3.22. The smallest absolute Gasteiger partial charge is 0.0637 e. The molecule has 0 heterocycles. The summed E-state index contributed by atoms with van der Waals surface area (Å²) in [7, 11) is 0. The van der Waals surface area contributed by atoms with Crippen molar-refractivity contribution in [2.45, 2.75) is 13.0 Å². The van der Waals surface area contributed by atoms with Gasteiger partial charge in [0.25, 0.3) is 0 Å². The van der Waals surface area contributed by atoms with Crippen LogP contribution >= 0.6 is 34.8 Å². The van der Waals surface area contributed by atoms with Crippen LogP contribution in [-0.4, -0.2) is 25.6 Å². The van der Waals surface area contributed by atoms with E-state index in [0.29, 0.717) is 22.5 Å². The predicted octanol–water partition coefficient (Wildman–Crippen LogP) is 3.73. The van der Waals surface area contributed by atoms with Gasteiger partial charge in [-0.2, -0.15) is 0 Å². The second-order valence-electron chi connectivity index (χ2n) is 3.54. The van der Waals surface area contributed by atoms with Gasteiger partial charge in [-0.05, 0) is 24.6 Å². The number of alkyl halides is 1. The largest absolute Gasteiger partial charge is 0.380 e. The molecule has 0 radical (unpaired) electrons. The van der Waals surface area contributed by atoms with Crippen molar-refractivity contribution in [3.63, 3.8) is 0 Å². The molecule has 0 aliphatic carbocycles. The Balaban J connectivity index is 2.16. The molecule has 96 valence electrons. The standard InChI is InChI=1S/C12H16Cl3NO/c13-5-8-17-7-2-6-16-9-10-3-1-4-11(14)12(10)15/h1,3-4,16H,2,5-9H2. The van der Waals surface area contributed by atoms with Gasteiger partial charge in [0.05, 0.1) is 16.7 Å². The van der Waals surface area contributed by atoms with Crippen LogP contribution in [0.5, 0.6) is 0 Å². The van der Waals surface area contributed by atoms with E-state index in [9.17, 15) is 0 Å². The maximum absolute atomic E-state index is 6.06. The Morgan fingerprint density at radius 3 is 2.76 bits per heavy atom. The van der Waals surface area contributed by atoms with Gasteiger partial charge in [0, 0.05) is 19.0 Å². The van der Waals surface area contributed by atoms with Crippen LogP contribution < -0.4 is 5.32 Å². The molecule has 0 atom stereocenters. The van der Waals surface area contributed by atoms with E-state index in [1.807, 2.05) is 12.1 Å². The van der Waals surface area contributed by atoms with E-state index in [2.05, 4.69) is 5.32 Å². The quantitative estimate of drug-likeness (QED) is 0.583. The molecule has 0 amide bonds. The highest BCUT2D eigenvalue weighted by molar-refractivity contribution is 6.42. The van der Waals surface area contributed by atoms with Gasteiger partial charge in [-0.25, -0.2) is 0 Å². The highest BCUT2D eigenvalue weighted by atomic mass is 35.5. The average Bonchev–Trinajstić information content (AvgIpc) is 2.33. The minimum atomic E-state index is 0.547. The van der Waals surface area contributed by atoms with Crippen molar-refractivity contribution in [3.05, 3.63) is 33.8 Å². The van der Waals surface area contributed by atoms with Gasteiger partial charge in [0.15, 0.2) is 0 Å². The van der Waals surface area contributed by atoms with Crippen LogP contribution in [0.1, 0.15) is 12.0 Å². The van der Waals surface area contributed by atoms with Gasteiger partial charge >= 0.3 is 0 Å². The van der Waals surface area contributed by atoms with Crippen LogP contribution in [0.2, 0.25) is 10.0 Å². The molecule has 1 rings (SSSR count). The zero-order valence-corrected chi connectivity index (χ0v) is 11.8. The highest BCUT2D eigenvalue weighted by Crippen LogP contribution is 2.25. The molecular weight excluding hydrogens is 280 g/mol. The fourth-order valence-electron chi connectivity index (χ4n) is 1.36. The molecule has 0 unspecified atom stereocenters. The summed E-state index contributed by atoms with van der Waals surface area (Å²) in [5.74, 6) is 0.547. The van der Waals surface area contributed by atoms with Crippen molar-refractivity contribution in [2.75, 3.05) is 25.6 Å². The van der Waals surface area contributed by atoms with Crippen LogP contribution in [0, 0.1) is 0 Å². The highest BCUT2D eigenvalue weighted by Gasteiger charge is 2.02. The Morgan fingerprint density at radius 2 is 2.00 bits per heavy atom. The Hall–Kier alpha value is 0.01000. The minimum absolute atomic E-state index is 0.547. The lowest BCUT2D eigenvalue weighted by Crippen LogP contribution is -2.16. The van der Waals surface area contributed by atoms with Crippen LogP contribution in [0.4, 0.5) is 0 Å². The third-order valence-electron chi connectivity index (χ3n) is 2.21. The summed E-state index contributed by atoms with van der Waals surface area (Å²) in [5, 5.41) is 4.51. The summed E-state index contributed by atoms with van der Waals surface area (Å²) in [5.41, 5.74) is 1.01. The zero-order chi connectivity index (χ0) is 12.5. The number of rotatable bonds is 8. The van der Waals surface area contributed by atoms with Crippen molar-refractivity contribution in [1.82, 2.24) is 5.32 Å². The van der Waals surface area contributed by atoms with Gasteiger partial charge in [-0.3, -0.25) is 0 Å². The number of ether oxygens (including phenoxy) is 1. The fraction of sp³-hybridized carbons (Fsp3) is 0.500. The first-order chi connectivity index (χ1) is 8.25. The van der Waals surface area contributed by atoms with Crippen molar-refractivity contribution in [3.8, 4) is 0 Å². The zero-order valence-electron chi connectivity index (χ0n) is 9.52. The molecule has 1 aromatic carbocycles. The second-order valence-corrected chi connectivity index (χ2v) is 4.71. The molecular formula is C12H16Cl3NO. The molecule has 0 fully saturated rings. The van der Waals surface area contributed by atoms with Crippen LogP contribution in [0.3, 0.4) is 0 Å². The number of hydrogen-bond acceptors (Lipinski definition) is 2. The summed E-state index contributed by atoms with van der Waals surface area (Å²) in [4.78, 5) is 0. The maximum Gasteiger partial charge on any atom is 0.0637 e. The van der Waals surface area contributed by atoms with Gasteiger partial charge in [-0.15, -0.1) is 11.6 Å². The molecule has 0 saturated carbocycles. The summed E-state index contributed by atoms with van der Waals surface area (Å²) in [6.45, 7) is 2.94. The summed E-state index contributed by atoms with van der Waals surface area (Å²) in [6, 6.07) is 5.65. The maximum atomic E-state index is 6.06. The summed E-state index contributed by atoms with van der Waals surface area (Å²) < 4.78 is 5.26. The Morgan fingerprint density at radius 1 is 1.18 bits per heavy atom. The minimum Gasteiger partial charge on any atom is -0.380 e. The Bertz CT molecular complexity index is 334. The van der Waals surface area contributed by atoms with Gasteiger partial charge in [0.2, 0.25) is 0 Å².